The van der Waals surface area contributed by atoms with Crippen molar-refractivity contribution in [2.45, 2.75) is 23.8 Å². The zero-order valence-corrected chi connectivity index (χ0v) is 11.4. The molecule has 6 heteroatoms. The van der Waals surface area contributed by atoms with Crippen LogP contribution in [-0.2, 0) is 14.8 Å². The molecule has 1 fully saturated rings. The molecule has 1 amide bonds. The van der Waals surface area contributed by atoms with Gasteiger partial charge in [-0.25, -0.2) is 13.1 Å². The Hall–Kier alpha value is -1.66. The smallest absolute Gasteiger partial charge is 0.264 e. The number of hydrogen-bond acceptors (Lipinski definition) is 4. The number of carbonyl (C=O) groups excluding carboxylic acids is 1. The van der Waals surface area contributed by atoms with Crippen molar-refractivity contribution in [1.82, 2.24) is 4.72 Å². The molecule has 0 unspecified atom stereocenters. The molecule has 1 aromatic carbocycles. The SMILES string of the molecule is C=C[C@@H]1C[C@]1(N)C(=O)NS(=O)(=O)c1ccccc1C. The van der Waals surface area contributed by atoms with Crippen molar-refractivity contribution < 1.29 is 13.2 Å². The third kappa shape index (κ3) is 2.41. The first-order valence-corrected chi connectivity index (χ1v) is 7.34. The number of rotatable bonds is 4. The first-order valence-electron chi connectivity index (χ1n) is 5.85. The van der Waals surface area contributed by atoms with Crippen molar-refractivity contribution in [3.8, 4) is 0 Å². The van der Waals surface area contributed by atoms with Crippen molar-refractivity contribution in [1.29, 1.82) is 0 Å². The Bertz CT molecular complexity index is 639. The average Bonchev–Trinajstić information content (AvgIpc) is 3.02. The maximum absolute atomic E-state index is 12.1. The fraction of sp³-hybridized carbons (Fsp3) is 0.308. The van der Waals surface area contributed by atoms with E-state index in [2.05, 4.69) is 6.58 Å². The van der Waals surface area contributed by atoms with Crippen molar-refractivity contribution in [2.24, 2.45) is 11.7 Å². The number of aryl methyl sites for hydroxylation is 1. The topological polar surface area (TPSA) is 89.3 Å². The van der Waals surface area contributed by atoms with E-state index in [0.717, 1.165) is 0 Å². The van der Waals surface area contributed by atoms with Gasteiger partial charge in [-0.1, -0.05) is 24.3 Å². The first-order chi connectivity index (χ1) is 8.81. The summed E-state index contributed by atoms with van der Waals surface area (Å²) in [5.74, 6) is -0.847. The van der Waals surface area contributed by atoms with Crippen LogP contribution in [0, 0.1) is 12.8 Å². The molecule has 1 aromatic rings. The van der Waals surface area contributed by atoms with Crippen LogP contribution in [0.3, 0.4) is 0 Å². The number of amides is 1. The molecule has 0 spiro atoms. The number of nitrogens with one attached hydrogen (secondary N) is 1. The Morgan fingerprint density at radius 1 is 1.53 bits per heavy atom. The third-order valence-corrected chi connectivity index (χ3v) is 4.87. The largest absolute Gasteiger partial charge is 0.317 e. The lowest BCUT2D eigenvalue weighted by Crippen LogP contribution is -2.46. The van der Waals surface area contributed by atoms with E-state index in [1.807, 2.05) is 4.72 Å². The highest BCUT2D eigenvalue weighted by atomic mass is 32.2. The predicted molar refractivity (Wildman–Crippen MR) is 71.7 cm³/mol. The highest BCUT2D eigenvalue weighted by molar-refractivity contribution is 7.90. The second-order valence-corrected chi connectivity index (χ2v) is 6.44. The lowest BCUT2D eigenvalue weighted by molar-refractivity contribution is -0.121. The molecule has 3 N–H and O–H groups in total. The quantitative estimate of drug-likeness (QED) is 0.795. The highest BCUT2D eigenvalue weighted by Gasteiger charge is 2.56. The van der Waals surface area contributed by atoms with Gasteiger partial charge in [-0.05, 0) is 25.0 Å². The molecule has 2 atom stereocenters. The molecular formula is C13H16N2O3S. The molecule has 2 rings (SSSR count). The minimum Gasteiger partial charge on any atom is -0.317 e. The number of carbonyl (C=O) groups is 1. The number of nitrogens with two attached hydrogens (primary N) is 1. The van der Waals surface area contributed by atoms with Crippen molar-refractivity contribution in [3.05, 3.63) is 42.5 Å². The normalized spacial score (nSPS) is 25.7. The van der Waals surface area contributed by atoms with E-state index in [1.165, 1.54) is 6.07 Å². The summed E-state index contributed by atoms with van der Waals surface area (Å²) in [4.78, 5) is 12.0. The monoisotopic (exact) mass is 280 g/mol. The summed E-state index contributed by atoms with van der Waals surface area (Å²) in [6.45, 7) is 5.23. The third-order valence-electron chi connectivity index (χ3n) is 3.38. The molecule has 0 radical (unpaired) electrons. The molecule has 0 saturated heterocycles. The fourth-order valence-corrected chi connectivity index (χ4v) is 3.28. The van der Waals surface area contributed by atoms with Gasteiger partial charge in [0.1, 0.15) is 5.54 Å². The summed E-state index contributed by atoms with van der Waals surface area (Å²) in [5, 5.41) is 0. The Morgan fingerprint density at radius 2 is 2.16 bits per heavy atom. The molecule has 19 heavy (non-hydrogen) atoms. The maximum Gasteiger partial charge on any atom is 0.264 e. The number of sulfonamides is 1. The molecule has 1 aliphatic carbocycles. The van der Waals surface area contributed by atoms with E-state index in [1.54, 1.807) is 31.2 Å². The van der Waals surface area contributed by atoms with Gasteiger partial charge in [0.05, 0.1) is 4.90 Å². The maximum atomic E-state index is 12.1. The zero-order valence-electron chi connectivity index (χ0n) is 10.6. The van der Waals surface area contributed by atoms with Crippen molar-refractivity contribution >= 4 is 15.9 Å². The van der Waals surface area contributed by atoms with Crippen LogP contribution in [0.25, 0.3) is 0 Å². The lowest BCUT2D eigenvalue weighted by Gasteiger charge is -2.13. The van der Waals surface area contributed by atoms with E-state index in [4.69, 9.17) is 5.73 Å². The van der Waals surface area contributed by atoms with E-state index in [9.17, 15) is 13.2 Å². The minimum atomic E-state index is -3.88. The molecule has 5 nitrogen and oxygen atoms in total. The van der Waals surface area contributed by atoms with Crippen LogP contribution in [0.2, 0.25) is 0 Å². The molecule has 0 aromatic heterocycles. The van der Waals surface area contributed by atoms with Gasteiger partial charge < -0.3 is 5.73 Å². The van der Waals surface area contributed by atoms with Crippen LogP contribution in [0.1, 0.15) is 12.0 Å². The van der Waals surface area contributed by atoms with E-state index >= 15 is 0 Å². The summed E-state index contributed by atoms with van der Waals surface area (Å²) in [6.07, 6.45) is 1.99. The molecule has 1 saturated carbocycles. The van der Waals surface area contributed by atoms with Crippen LogP contribution in [-0.4, -0.2) is 19.9 Å². The molecule has 0 bridgehead atoms. The second-order valence-electron chi connectivity index (χ2n) is 4.79. The summed E-state index contributed by atoms with van der Waals surface area (Å²) in [6, 6.07) is 6.45. The van der Waals surface area contributed by atoms with Crippen LogP contribution in [0.15, 0.2) is 41.8 Å². The lowest BCUT2D eigenvalue weighted by atomic mass is 10.2. The molecule has 0 aliphatic heterocycles. The number of hydrogen-bond donors (Lipinski definition) is 2. The van der Waals surface area contributed by atoms with Crippen LogP contribution in [0.4, 0.5) is 0 Å². The van der Waals surface area contributed by atoms with Crippen molar-refractivity contribution in [3.63, 3.8) is 0 Å². The van der Waals surface area contributed by atoms with Gasteiger partial charge in [0.2, 0.25) is 0 Å². The Balaban J connectivity index is 2.22. The van der Waals surface area contributed by atoms with Crippen molar-refractivity contribution in [2.75, 3.05) is 0 Å². The minimum absolute atomic E-state index is 0.0859. The van der Waals surface area contributed by atoms with Gasteiger partial charge in [-0.15, -0.1) is 6.58 Å². The number of benzene rings is 1. The van der Waals surface area contributed by atoms with E-state index in [-0.39, 0.29) is 10.8 Å². The zero-order chi connectivity index (χ0) is 14.3. The Kier molecular flexibility index (Phi) is 3.24. The van der Waals surface area contributed by atoms with Crippen LogP contribution >= 0.6 is 0 Å². The van der Waals surface area contributed by atoms with Crippen LogP contribution < -0.4 is 10.5 Å². The Morgan fingerprint density at radius 3 is 2.68 bits per heavy atom. The Labute approximate surface area is 112 Å². The van der Waals surface area contributed by atoms with Gasteiger partial charge in [-0.3, -0.25) is 4.79 Å². The molecule has 1 aliphatic rings. The summed E-state index contributed by atoms with van der Waals surface area (Å²) in [5.41, 5.74) is 5.25. The standard InChI is InChI=1S/C13H16N2O3S/c1-3-10-8-13(10,14)12(16)15-19(17,18)11-7-5-4-6-9(11)2/h3-7,10H,1,8,14H2,2H3,(H,15,16)/t10-,13-/m1/s1. The second kappa shape index (κ2) is 4.47. The average molecular weight is 280 g/mol. The molecule has 0 heterocycles. The van der Waals surface area contributed by atoms with Gasteiger partial charge in [-0.2, -0.15) is 0 Å². The van der Waals surface area contributed by atoms with Crippen LogP contribution in [0.5, 0.6) is 0 Å². The van der Waals surface area contributed by atoms with Gasteiger partial charge in [0.25, 0.3) is 15.9 Å². The van der Waals surface area contributed by atoms with E-state index < -0.39 is 21.5 Å². The molecular weight excluding hydrogens is 264 g/mol. The fourth-order valence-electron chi connectivity index (χ4n) is 1.99. The van der Waals surface area contributed by atoms with Gasteiger partial charge in [0, 0.05) is 5.92 Å². The van der Waals surface area contributed by atoms with Gasteiger partial charge in [0.15, 0.2) is 0 Å². The summed E-state index contributed by atoms with van der Waals surface area (Å²) < 4.78 is 26.3. The first kappa shape index (κ1) is 13.8. The molecule has 102 valence electrons. The van der Waals surface area contributed by atoms with Gasteiger partial charge >= 0.3 is 0 Å². The predicted octanol–water partition coefficient (Wildman–Crippen LogP) is 0.703. The summed E-state index contributed by atoms with van der Waals surface area (Å²) >= 11 is 0. The highest BCUT2D eigenvalue weighted by Crippen LogP contribution is 2.42. The summed E-state index contributed by atoms with van der Waals surface area (Å²) in [7, 11) is -3.88. The van der Waals surface area contributed by atoms with E-state index in [0.29, 0.717) is 12.0 Å².